The number of hydrogen-bond acceptors (Lipinski definition) is 2. The Labute approximate surface area is 127 Å². The number of piperidine rings is 1. The molecule has 0 bridgehead atoms. The molecular weight excluding hydrogens is 258 g/mol. The van der Waals surface area contributed by atoms with E-state index in [0.29, 0.717) is 6.04 Å². The van der Waals surface area contributed by atoms with Crippen LogP contribution in [0.2, 0.25) is 0 Å². The summed E-state index contributed by atoms with van der Waals surface area (Å²) < 4.78 is 0. The van der Waals surface area contributed by atoms with E-state index in [1.165, 1.54) is 36.5 Å². The van der Waals surface area contributed by atoms with Gasteiger partial charge < -0.3 is 5.11 Å². The van der Waals surface area contributed by atoms with Crippen molar-refractivity contribution in [2.45, 2.75) is 44.8 Å². The predicted octanol–water partition coefficient (Wildman–Crippen LogP) is 4.14. The van der Waals surface area contributed by atoms with Gasteiger partial charge in [0.1, 0.15) is 0 Å². The molecule has 2 unspecified atom stereocenters. The first-order chi connectivity index (χ1) is 10.3. The van der Waals surface area contributed by atoms with E-state index in [0.717, 1.165) is 18.7 Å². The first-order valence-corrected chi connectivity index (χ1v) is 8.18. The van der Waals surface area contributed by atoms with Crippen LogP contribution >= 0.6 is 0 Å². The van der Waals surface area contributed by atoms with Crippen LogP contribution < -0.4 is 0 Å². The molecule has 112 valence electrons. The minimum atomic E-state index is -0.387. The van der Waals surface area contributed by atoms with Crippen LogP contribution in [0.15, 0.2) is 42.5 Å². The van der Waals surface area contributed by atoms with Gasteiger partial charge in [0.05, 0.1) is 6.10 Å². The molecule has 1 fully saturated rings. The van der Waals surface area contributed by atoms with E-state index in [1.807, 2.05) is 0 Å². The van der Waals surface area contributed by atoms with Crippen LogP contribution in [-0.2, 0) is 0 Å². The van der Waals surface area contributed by atoms with Gasteiger partial charge in [-0.1, -0.05) is 49.7 Å². The molecule has 1 heterocycles. The SMILES string of the molecule is CCC1CCCCN1CC(O)c1ccc2ccccc2c1. The molecule has 2 aromatic carbocycles. The molecule has 0 spiro atoms. The third kappa shape index (κ3) is 3.28. The van der Waals surface area contributed by atoms with Crippen LogP contribution in [0.4, 0.5) is 0 Å². The van der Waals surface area contributed by atoms with Gasteiger partial charge in [-0.2, -0.15) is 0 Å². The third-order valence-electron chi connectivity index (χ3n) is 4.79. The Kier molecular flexibility index (Phi) is 4.57. The summed E-state index contributed by atoms with van der Waals surface area (Å²) >= 11 is 0. The second-order valence-corrected chi connectivity index (χ2v) is 6.18. The van der Waals surface area contributed by atoms with Gasteiger partial charge in [-0.15, -0.1) is 0 Å². The summed E-state index contributed by atoms with van der Waals surface area (Å²) in [7, 11) is 0. The minimum absolute atomic E-state index is 0.387. The number of rotatable bonds is 4. The number of likely N-dealkylation sites (tertiary alicyclic amines) is 1. The van der Waals surface area contributed by atoms with E-state index in [-0.39, 0.29) is 6.10 Å². The largest absolute Gasteiger partial charge is 0.387 e. The Hall–Kier alpha value is -1.38. The normalized spacial score (nSPS) is 21.5. The number of benzene rings is 2. The van der Waals surface area contributed by atoms with Gasteiger partial charge in [-0.05, 0) is 48.2 Å². The predicted molar refractivity (Wildman–Crippen MR) is 88.4 cm³/mol. The summed E-state index contributed by atoms with van der Waals surface area (Å²) in [6.07, 6.45) is 4.68. The van der Waals surface area contributed by atoms with Crippen molar-refractivity contribution in [3.63, 3.8) is 0 Å². The average molecular weight is 283 g/mol. The molecule has 2 aromatic rings. The van der Waals surface area contributed by atoms with Crippen LogP contribution in [0.3, 0.4) is 0 Å². The Balaban J connectivity index is 1.75. The van der Waals surface area contributed by atoms with Crippen molar-refractivity contribution < 1.29 is 5.11 Å². The van der Waals surface area contributed by atoms with E-state index in [4.69, 9.17) is 0 Å². The number of aliphatic hydroxyl groups excluding tert-OH is 1. The topological polar surface area (TPSA) is 23.5 Å². The fraction of sp³-hybridized carbons (Fsp3) is 0.474. The number of β-amino-alcohol motifs (C(OH)–C–C–N with tert-alkyl or cyclic N) is 1. The van der Waals surface area contributed by atoms with Crippen LogP contribution in [0.1, 0.15) is 44.3 Å². The van der Waals surface area contributed by atoms with E-state index >= 15 is 0 Å². The standard InChI is InChI=1S/C19H25NO/c1-2-18-9-5-6-12-20(18)14-19(21)17-11-10-15-7-3-4-8-16(15)13-17/h3-4,7-8,10-11,13,18-19,21H,2,5-6,9,12,14H2,1H3. The molecule has 0 radical (unpaired) electrons. The number of nitrogens with zero attached hydrogens (tertiary/aromatic N) is 1. The summed E-state index contributed by atoms with van der Waals surface area (Å²) in [5.74, 6) is 0. The lowest BCUT2D eigenvalue weighted by Gasteiger charge is -2.36. The Morgan fingerprint density at radius 2 is 1.95 bits per heavy atom. The van der Waals surface area contributed by atoms with Crippen LogP contribution in [0.5, 0.6) is 0 Å². The molecule has 0 amide bonds. The fourth-order valence-electron chi connectivity index (χ4n) is 3.51. The maximum Gasteiger partial charge on any atom is 0.0917 e. The molecule has 2 heteroatoms. The summed E-state index contributed by atoms with van der Waals surface area (Å²) in [6.45, 7) is 4.14. The Morgan fingerprint density at radius 3 is 2.76 bits per heavy atom. The van der Waals surface area contributed by atoms with E-state index in [1.54, 1.807) is 0 Å². The lowest BCUT2D eigenvalue weighted by molar-refractivity contribution is 0.0657. The van der Waals surface area contributed by atoms with Gasteiger partial charge in [0.15, 0.2) is 0 Å². The molecule has 2 nitrogen and oxygen atoms in total. The zero-order valence-corrected chi connectivity index (χ0v) is 12.8. The van der Waals surface area contributed by atoms with E-state index in [9.17, 15) is 5.11 Å². The van der Waals surface area contributed by atoms with Gasteiger partial charge in [0.25, 0.3) is 0 Å². The van der Waals surface area contributed by atoms with Crippen LogP contribution in [0, 0.1) is 0 Å². The van der Waals surface area contributed by atoms with Gasteiger partial charge in [0.2, 0.25) is 0 Å². The molecule has 3 rings (SSSR count). The van der Waals surface area contributed by atoms with Crippen molar-refractivity contribution in [3.05, 3.63) is 48.0 Å². The number of fused-ring (bicyclic) bond motifs is 1. The van der Waals surface area contributed by atoms with Gasteiger partial charge in [-0.25, -0.2) is 0 Å². The lowest BCUT2D eigenvalue weighted by Crippen LogP contribution is -2.41. The van der Waals surface area contributed by atoms with Crippen molar-refractivity contribution >= 4 is 10.8 Å². The van der Waals surface area contributed by atoms with Crippen molar-refractivity contribution in [2.75, 3.05) is 13.1 Å². The molecule has 1 saturated heterocycles. The van der Waals surface area contributed by atoms with Crippen molar-refractivity contribution in [3.8, 4) is 0 Å². The third-order valence-corrected chi connectivity index (χ3v) is 4.79. The molecular formula is C19H25NO. The maximum absolute atomic E-state index is 10.6. The highest BCUT2D eigenvalue weighted by Crippen LogP contribution is 2.25. The monoisotopic (exact) mass is 283 g/mol. The summed E-state index contributed by atoms with van der Waals surface area (Å²) in [4.78, 5) is 2.48. The first-order valence-electron chi connectivity index (χ1n) is 8.18. The summed E-state index contributed by atoms with van der Waals surface area (Å²) in [5.41, 5.74) is 1.04. The lowest BCUT2D eigenvalue weighted by atomic mass is 9.98. The van der Waals surface area contributed by atoms with Crippen molar-refractivity contribution in [1.29, 1.82) is 0 Å². The zero-order valence-electron chi connectivity index (χ0n) is 12.8. The van der Waals surface area contributed by atoms with E-state index < -0.39 is 0 Å². The quantitative estimate of drug-likeness (QED) is 0.911. The molecule has 1 aliphatic rings. The Bertz CT molecular complexity index is 595. The maximum atomic E-state index is 10.6. The molecule has 1 aliphatic heterocycles. The zero-order chi connectivity index (χ0) is 14.7. The second-order valence-electron chi connectivity index (χ2n) is 6.18. The fourth-order valence-corrected chi connectivity index (χ4v) is 3.51. The van der Waals surface area contributed by atoms with Crippen molar-refractivity contribution in [2.24, 2.45) is 0 Å². The highest BCUT2D eigenvalue weighted by Gasteiger charge is 2.23. The number of hydrogen-bond donors (Lipinski definition) is 1. The minimum Gasteiger partial charge on any atom is -0.387 e. The van der Waals surface area contributed by atoms with Gasteiger partial charge >= 0.3 is 0 Å². The van der Waals surface area contributed by atoms with Gasteiger partial charge in [0, 0.05) is 12.6 Å². The highest BCUT2D eigenvalue weighted by molar-refractivity contribution is 5.83. The summed E-state index contributed by atoms with van der Waals surface area (Å²) in [5, 5.41) is 13.0. The highest BCUT2D eigenvalue weighted by atomic mass is 16.3. The first kappa shape index (κ1) is 14.6. The molecule has 0 aromatic heterocycles. The van der Waals surface area contributed by atoms with E-state index in [2.05, 4.69) is 54.3 Å². The number of aliphatic hydroxyl groups is 1. The summed E-state index contributed by atoms with van der Waals surface area (Å²) in [6, 6.07) is 15.3. The van der Waals surface area contributed by atoms with Crippen LogP contribution in [0.25, 0.3) is 10.8 Å². The van der Waals surface area contributed by atoms with Crippen LogP contribution in [-0.4, -0.2) is 29.1 Å². The smallest absolute Gasteiger partial charge is 0.0917 e. The second kappa shape index (κ2) is 6.59. The molecule has 0 saturated carbocycles. The molecule has 1 N–H and O–H groups in total. The van der Waals surface area contributed by atoms with Gasteiger partial charge in [-0.3, -0.25) is 4.90 Å². The molecule has 21 heavy (non-hydrogen) atoms. The molecule has 0 aliphatic carbocycles. The molecule has 2 atom stereocenters. The van der Waals surface area contributed by atoms with Crippen molar-refractivity contribution in [1.82, 2.24) is 4.90 Å². The Morgan fingerprint density at radius 1 is 1.14 bits per heavy atom. The average Bonchev–Trinajstić information content (AvgIpc) is 2.55.